The van der Waals surface area contributed by atoms with Crippen molar-refractivity contribution in [1.82, 2.24) is 9.55 Å². The van der Waals surface area contributed by atoms with Crippen LogP contribution in [0.25, 0.3) is 0 Å². The van der Waals surface area contributed by atoms with Crippen LogP contribution in [0.1, 0.15) is 58.1 Å². The van der Waals surface area contributed by atoms with Crippen molar-refractivity contribution < 1.29 is 41.7 Å². The molecule has 0 bridgehead atoms. The zero-order chi connectivity index (χ0) is 24.5. The van der Waals surface area contributed by atoms with Crippen LogP contribution in [0.15, 0.2) is 17.1 Å². The van der Waals surface area contributed by atoms with Crippen molar-refractivity contribution >= 4 is 21.5 Å². The minimum absolute atomic E-state index is 0.0410. The maximum absolute atomic E-state index is 12.4. The molecule has 0 amide bonds. The molecular weight excluding hydrogens is 480 g/mol. The number of nitrogens with two attached hydrogens (primary N) is 1. The Balaban J connectivity index is 1.97. The summed E-state index contributed by atoms with van der Waals surface area (Å²) in [6, 6.07) is 1.46. The number of phosphoric ester groups is 2. The first-order valence-corrected chi connectivity index (χ1v) is 13.7. The fourth-order valence-corrected chi connectivity index (χ4v) is 4.72. The van der Waals surface area contributed by atoms with Gasteiger partial charge in [-0.25, -0.2) is 13.9 Å². The monoisotopic (exact) mass is 513 g/mol. The van der Waals surface area contributed by atoms with Gasteiger partial charge in [0.1, 0.15) is 12.0 Å². The van der Waals surface area contributed by atoms with Gasteiger partial charge >= 0.3 is 21.3 Å². The first-order valence-electron chi connectivity index (χ1n) is 10.8. The predicted octanol–water partition coefficient (Wildman–Crippen LogP) is 2.74. The molecule has 1 aliphatic heterocycles. The molecule has 2 rings (SSSR count). The molecule has 3 unspecified atom stereocenters. The number of nitrogens with zero attached hydrogens (tertiary/aromatic N) is 2. The van der Waals surface area contributed by atoms with E-state index in [1.807, 2.05) is 6.92 Å². The number of hydrogen-bond acceptors (Lipinski definition) is 10. The van der Waals surface area contributed by atoms with E-state index in [0.29, 0.717) is 32.1 Å². The standard InChI is InChI=1S/C18H33N3O10P2/c1-3-4-11-29-33(25,26)31-15-13-17(21-10-9-16(19)20-18(21)22)30-14(15)8-6-5-7-12-28-32(23,24)27-2/h9-10,14-15,17H,3-8,11-13H2,1-2H3,(H,23,24)(H,25,26)(H2,19,20,22)/t14-,15?,17-/m1/s1. The number of phosphoric acid groups is 2. The van der Waals surface area contributed by atoms with Crippen molar-refractivity contribution in [2.24, 2.45) is 0 Å². The second-order valence-electron chi connectivity index (χ2n) is 7.54. The Hall–Kier alpha value is -1.14. The zero-order valence-corrected chi connectivity index (χ0v) is 20.6. The minimum atomic E-state index is -4.31. The molecule has 1 aliphatic rings. The Bertz CT molecular complexity index is 898. The van der Waals surface area contributed by atoms with Crippen LogP contribution < -0.4 is 11.4 Å². The lowest BCUT2D eigenvalue weighted by Crippen LogP contribution is -2.27. The second-order valence-corrected chi connectivity index (χ2v) is 10.5. The number of aromatic nitrogens is 2. The average Bonchev–Trinajstić information content (AvgIpc) is 3.12. The largest absolute Gasteiger partial charge is 0.472 e. The molecular formula is C18H33N3O10P2. The first kappa shape index (κ1) is 28.1. The van der Waals surface area contributed by atoms with E-state index in [4.69, 9.17) is 24.0 Å². The molecule has 0 aromatic carbocycles. The van der Waals surface area contributed by atoms with Crippen molar-refractivity contribution in [3.63, 3.8) is 0 Å². The summed E-state index contributed by atoms with van der Waals surface area (Å²) in [5.41, 5.74) is 4.93. The maximum atomic E-state index is 12.4. The fourth-order valence-electron chi connectivity index (χ4n) is 3.27. The molecule has 13 nitrogen and oxygen atoms in total. The Morgan fingerprint density at radius 2 is 1.88 bits per heavy atom. The van der Waals surface area contributed by atoms with Gasteiger partial charge in [0.05, 0.1) is 25.4 Å². The summed E-state index contributed by atoms with van der Waals surface area (Å²) in [6.07, 6.45) is 3.07. The van der Waals surface area contributed by atoms with E-state index in [-0.39, 0.29) is 25.5 Å². The van der Waals surface area contributed by atoms with E-state index >= 15 is 0 Å². The van der Waals surface area contributed by atoms with Crippen LogP contribution in [0.3, 0.4) is 0 Å². The van der Waals surface area contributed by atoms with Gasteiger partial charge in [-0.1, -0.05) is 26.2 Å². The number of rotatable bonds is 15. The van der Waals surface area contributed by atoms with Gasteiger partial charge in [-0.2, -0.15) is 4.98 Å². The highest BCUT2D eigenvalue weighted by molar-refractivity contribution is 7.47. The summed E-state index contributed by atoms with van der Waals surface area (Å²) in [5, 5.41) is 0. The van der Waals surface area contributed by atoms with Gasteiger partial charge in [-0.05, 0) is 25.3 Å². The molecule has 0 saturated carbocycles. The molecule has 1 saturated heterocycles. The summed E-state index contributed by atoms with van der Waals surface area (Å²) in [4.78, 5) is 35.2. The predicted molar refractivity (Wildman–Crippen MR) is 118 cm³/mol. The van der Waals surface area contributed by atoms with E-state index in [1.165, 1.54) is 16.8 Å². The van der Waals surface area contributed by atoms with Gasteiger partial charge in [0.2, 0.25) is 0 Å². The molecule has 0 spiro atoms. The van der Waals surface area contributed by atoms with Crippen molar-refractivity contribution in [1.29, 1.82) is 0 Å². The van der Waals surface area contributed by atoms with Crippen LogP contribution in [-0.2, 0) is 32.0 Å². The van der Waals surface area contributed by atoms with E-state index in [1.54, 1.807) is 0 Å². The molecule has 4 N–H and O–H groups in total. The van der Waals surface area contributed by atoms with Crippen LogP contribution in [0.2, 0.25) is 0 Å². The van der Waals surface area contributed by atoms with Gasteiger partial charge < -0.3 is 20.3 Å². The molecule has 1 aromatic rings. The summed E-state index contributed by atoms with van der Waals surface area (Å²) in [6.45, 7) is 2.05. The van der Waals surface area contributed by atoms with Gasteiger partial charge in [0, 0.05) is 19.7 Å². The highest BCUT2D eigenvalue weighted by Gasteiger charge is 2.41. The van der Waals surface area contributed by atoms with Crippen LogP contribution in [0.4, 0.5) is 5.82 Å². The number of unbranched alkanes of at least 4 members (excludes halogenated alkanes) is 3. The molecule has 0 aliphatic carbocycles. The zero-order valence-electron chi connectivity index (χ0n) is 18.8. The third-order valence-corrected chi connectivity index (χ3v) is 7.00. The fraction of sp³-hybridized carbons (Fsp3) is 0.778. The lowest BCUT2D eigenvalue weighted by molar-refractivity contribution is -0.0264. The summed E-state index contributed by atoms with van der Waals surface area (Å²) in [7, 11) is -7.23. The highest BCUT2D eigenvalue weighted by atomic mass is 31.2. The Morgan fingerprint density at radius 3 is 2.55 bits per heavy atom. The molecule has 15 heteroatoms. The molecule has 1 aromatic heterocycles. The second kappa shape index (κ2) is 13.1. The average molecular weight is 513 g/mol. The maximum Gasteiger partial charge on any atom is 0.472 e. The topological polar surface area (TPSA) is 182 Å². The van der Waals surface area contributed by atoms with Crippen LogP contribution >= 0.6 is 15.6 Å². The van der Waals surface area contributed by atoms with E-state index in [2.05, 4.69) is 9.51 Å². The summed E-state index contributed by atoms with van der Waals surface area (Å²) >= 11 is 0. The molecule has 0 radical (unpaired) electrons. The lowest BCUT2D eigenvalue weighted by Gasteiger charge is -2.21. The molecule has 33 heavy (non-hydrogen) atoms. The van der Waals surface area contributed by atoms with Crippen molar-refractivity contribution in [3.8, 4) is 0 Å². The third-order valence-electron chi connectivity index (χ3n) is 4.98. The molecule has 2 heterocycles. The van der Waals surface area contributed by atoms with Gasteiger partial charge in [-0.15, -0.1) is 0 Å². The van der Waals surface area contributed by atoms with Crippen molar-refractivity contribution in [3.05, 3.63) is 22.7 Å². The van der Waals surface area contributed by atoms with Crippen LogP contribution in [0, 0.1) is 0 Å². The van der Waals surface area contributed by atoms with E-state index < -0.39 is 39.8 Å². The van der Waals surface area contributed by atoms with E-state index in [0.717, 1.165) is 13.5 Å². The summed E-state index contributed by atoms with van der Waals surface area (Å²) in [5.74, 6) is 0.0749. The van der Waals surface area contributed by atoms with Crippen LogP contribution in [0.5, 0.6) is 0 Å². The van der Waals surface area contributed by atoms with Gasteiger partial charge in [0.25, 0.3) is 0 Å². The number of anilines is 1. The summed E-state index contributed by atoms with van der Waals surface area (Å²) < 4.78 is 50.4. The van der Waals surface area contributed by atoms with Crippen LogP contribution in [-0.4, -0.2) is 51.9 Å². The minimum Gasteiger partial charge on any atom is -0.383 e. The molecule has 5 atom stereocenters. The van der Waals surface area contributed by atoms with Crippen molar-refractivity contribution in [2.45, 2.75) is 70.3 Å². The number of hydrogen-bond donors (Lipinski definition) is 3. The third kappa shape index (κ3) is 9.56. The molecule has 1 fully saturated rings. The quantitative estimate of drug-likeness (QED) is 0.231. The molecule has 190 valence electrons. The Labute approximate surface area is 192 Å². The number of nitrogen functional groups attached to an aromatic ring is 1. The normalized spacial score (nSPS) is 24.4. The Kier molecular flexibility index (Phi) is 11.1. The SMILES string of the molecule is CCCCOP(=O)(O)OC1C[C@H](n2ccc(N)nc2=O)O[C@@H]1CCCCCOP(=O)(O)OC. The highest BCUT2D eigenvalue weighted by Crippen LogP contribution is 2.49. The van der Waals surface area contributed by atoms with Gasteiger partial charge in [0.15, 0.2) is 0 Å². The van der Waals surface area contributed by atoms with Gasteiger partial charge in [-0.3, -0.25) is 22.7 Å². The van der Waals surface area contributed by atoms with Crippen molar-refractivity contribution in [2.75, 3.05) is 26.1 Å². The Morgan fingerprint density at radius 1 is 1.18 bits per heavy atom. The lowest BCUT2D eigenvalue weighted by atomic mass is 10.1. The number of ether oxygens (including phenoxy) is 1. The first-order chi connectivity index (χ1) is 15.6. The smallest absolute Gasteiger partial charge is 0.383 e. The van der Waals surface area contributed by atoms with E-state index in [9.17, 15) is 23.7 Å².